The zero-order chi connectivity index (χ0) is 60.7. The number of nitrogens with zero attached hydrogens (tertiary/aromatic N) is 9. The number of fused-ring (bicyclic) bond motifs is 18. The third-order valence-corrected chi connectivity index (χ3v) is 19.6. The minimum atomic E-state index is -0.274. The van der Waals surface area contributed by atoms with Gasteiger partial charge in [-0.25, -0.2) is 39.9 Å². The van der Waals surface area contributed by atoms with Crippen LogP contribution in [0.2, 0.25) is 0 Å². The summed E-state index contributed by atoms with van der Waals surface area (Å²) in [4.78, 5) is 43.6. The number of pyridine rings is 1. The van der Waals surface area contributed by atoms with Crippen molar-refractivity contribution in [3.05, 3.63) is 259 Å². The smallest absolute Gasteiger partial charge is 0.201 e. The number of hydrogen-bond acceptors (Lipinski definition) is 12. The molecule has 11 nitrogen and oxygen atoms in total. The lowest BCUT2D eigenvalue weighted by Gasteiger charge is -2.22. The first kappa shape index (κ1) is 52.6. The predicted octanol–water partition coefficient (Wildman–Crippen LogP) is 19.9. The van der Waals surface area contributed by atoms with Crippen molar-refractivity contribution in [3.8, 4) is 91.0 Å². The lowest BCUT2D eigenvalue weighted by Crippen LogP contribution is -2.15. The van der Waals surface area contributed by atoms with Crippen LogP contribution in [0.5, 0.6) is 0 Å². The molecule has 0 fully saturated rings. The van der Waals surface area contributed by atoms with E-state index < -0.39 is 0 Å². The van der Waals surface area contributed by atoms with Crippen LogP contribution in [0.3, 0.4) is 0 Å². The van der Waals surface area contributed by atoms with Crippen molar-refractivity contribution < 1.29 is 8.83 Å². The van der Waals surface area contributed by atoms with E-state index in [1.54, 1.807) is 36.0 Å². The molecule has 0 saturated heterocycles. The van der Waals surface area contributed by atoms with Crippen LogP contribution < -0.4 is 0 Å². The van der Waals surface area contributed by atoms with Crippen LogP contribution in [0.25, 0.3) is 166 Å². The monoisotopic (exact) mass is 1190 g/mol. The molecule has 2 aliphatic carbocycles. The maximum atomic E-state index is 6.29. The maximum absolute atomic E-state index is 6.29. The summed E-state index contributed by atoms with van der Waals surface area (Å²) in [5.41, 5.74) is 17.6. The molecule has 0 amide bonds. The molecule has 0 radical (unpaired) electrons. The minimum Gasteiger partial charge on any atom is -0.456 e. The second-order valence-electron chi connectivity index (χ2n) is 24.4. The summed E-state index contributed by atoms with van der Waals surface area (Å²) < 4.78 is 15.0. The van der Waals surface area contributed by atoms with E-state index in [0.717, 1.165) is 66.1 Å². The van der Waals surface area contributed by atoms with Crippen LogP contribution in [0.4, 0.5) is 0 Å². The zero-order valence-corrected chi connectivity index (χ0v) is 50.6. The Hall–Kier alpha value is -11.5. The third-order valence-electron chi connectivity index (χ3n) is 18.4. The van der Waals surface area contributed by atoms with Crippen LogP contribution in [-0.2, 0) is 10.8 Å². The number of hydrogen-bond donors (Lipinski definition) is 0. The van der Waals surface area contributed by atoms with Crippen LogP contribution in [0, 0.1) is 0 Å². The minimum absolute atomic E-state index is 0.269. The maximum Gasteiger partial charge on any atom is 0.201 e. The first-order chi connectivity index (χ1) is 44.6. The normalized spacial score (nSPS) is 13.5. The lowest BCUT2D eigenvalue weighted by molar-refractivity contribution is 0.657. The highest BCUT2D eigenvalue weighted by Gasteiger charge is 2.40. The topological polar surface area (TPSA) is 142 Å². The zero-order valence-electron chi connectivity index (χ0n) is 49.8. The van der Waals surface area contributed by atoms with E-state index in [2.05, 4.69) is 194 Å². The standard InChI is InChI=1S/C41H26N4OS.C38H25N5O/c1-41(2)30-22-23(17-18-24(30)26-19-20-33-35(36(26)41)28-11-3-5-15-32(28)46-33)38-43-39(45-40(44-38)31-14-7-8-21-42-31)29-13-9-12-27-25-10-4-6-16-34(25)47-37(27)29;1-38(2)29-21-23(15-16-25(29)26-17-18-31-32(33(26)38)28-12-5-6-14-30(28)44-31)34-41-35(43-37(42-34)36-39-19-8-20-40-36)27-13-7-10-22-9-3-4-11-24(22)27/h3-22H,1-2H3;3-21H,1-2H3. The number of thiophene rings is 1. The van der Waals surface area contributed by atoms with Gasteiger partial charge in [0.15, 0.2) is 34.9 Å². The van der Waals surface area contributed by atoms with E-state index in [1.807, 2.05) is 60.7 Å². The highest BCUT2D eigenvalue weighted by Crippen LogP contribution is 2.56. The third kappa shape index (κ3) is 8.22. The highest BCUT2D eigenvalue weighted by molar-refractivity contribution is 7.26. The molecule has 19 rings (SSSR count). The van der Waals surface area contributed by atoms with E-state index in [0.29, 0.717) is 46.5 Å². The second-order valence-corrected chi connectivity index (χ2v) is 25.4. The van der Waals surface area contributed by atoms with Gasteiger partial charge >= 0.3 is 0 Å². The molecular formula is C79H51N9O2S. The van der Waals surface area contributed by atoms with Crippen molar-refractivity contribution in [1.82, 2.24) is 44.9 Å². The Morgan fingerprint density at radius 3 is 1.45 bits per heavy atom. The molecule has 0 spiro atoms. The Bertz CT molecular complexity index is 5870. The van der Waals surface area contributed by atoms with Gasteiger partial charge in [0.05, 0.1) is 0 Å². The molecule has 12 heteroatoms. The molecule has 0 atom stereocenters. The molecule has 7 aromatic heterocycles. The summed E-state index contributed by atoms with van der Waals surface area (Å²) in [6, 6.07) is 75.4. The fraction of sp³-hybridized carbons (Fsp3) is 0.0759. The molecule has 0 bridgehead atoms. The first-order valence-corrected chi connectivity index (χ1v) is 31.2. The van der Waals surface area contributed by atoms with Crippen LogP contribution in [0.1, 0.15) is 49.9 Å². The van der Waals surface area contributed by atoms with Crippen LogP contribution in [0.15, 0.2) is 246 Å². The van der Waals surface area contributed by atoms with Crippen molar-refractivity contribution in [2.75, 3.05) is 0 Å². The molecule has 7 heterocycles. The van der Waals surface area contributed by atoms with Gasteiger partial charge in [-0.15, -0.1) is 11.3 Å². The summed E-state index contributed by atoms with van der Waals surface area (Å²) in [5.74, 6) is 3.89. The quantitative estimate of drug-likeness (QED) is 0.157. The number of furan rings is 2. The molecule has 17 aromatic rings. The molecule has 0 aliphatic heterocycles. The van der Waals surface area contributed by atoms with Crippen molar-refractivity contribution in [3.63, 3.8) is 0 Å². The summed E-state index contributed by atoms with van der Waals surface area (Å²) >= 11 is 1.77. The van der Waals surface area contributed by atoms with E-state index in [4.69, 9.17) is 38.7 Å². The lowest BCUT2D eigenvalue weighted by atomic mass is 9.80. The van der Waals surface area contributed by atoms with Crippen molar-refractivity contribution in [2.45, 2.75) is 38.5 Å². The Morgan fingerprint density at radius 2 is 0.802 bits per heavy atom. The van der Waals surface area contributed by atoms with Crippen molar-refractivity contribution in [2.24, 2.45) is 0 Å². The van der Waals surface area contributed by atoms with Gasteiger partial charge in [-0.05, 0) is 122 Å². The number of para-hydroxylation sites is 2. The van der Waals surface area contributed by atoms with Gasteiger partial charge < -0.3 is 8.83 Å². The largest absolute Gasteiger partial charge is 0.456 e. The van der Waals surface area contributed by atoms with Crippen molar-refractivity contribution >= 4 is 86.2 Å². The van der Waals surface area contributed by atoms with E-state index >= 15 is 0 Å². The van der Waals surface area contributed by atoms with Gasteiger partial charge in [0.2, 0.25) is 5.82 Å². The van der Waals surface area contributed by atoms with Gasteiger partial charge in [-0.2, -0.15) is 0 Å². The summed E-state index contributed by atoms with van der Waals surface area (Å²) in [6.45, 7) is 9.20. The fourth-order valence-electron chi connectivity index (χ4n) is 14.2. The Labute approximate surface area is 525 Å². The molecule has 91 heavy (non-hydrogen) atoms. The number of aromatic nitrogens is 9. The molecule has 2 aliphatic rings. The molecule has 10 aromatic carbocycles. The first-order valence-electron chi connectivity index (χ1n) is 30.4. The molecule has 0 saturated carbocycles. The second kappa shape index (κ2) is 20.0. The van der Waals surface area contributed by atoms with E-state index in [1.165, 1.54) is 75.5 Å². The average Bonchev–Trinajstić information content (AvgIpc) is 1.56. The van der Waals surface area contributed by atoms with Gasteiger partial charge in [-0.1, -0.05) is 179 Å². The van der Waals surface area contributed by atoms with E-state index in [-0.39, 0.29) is 10.8 Å². The Kier molecular flexibility index (Phi) is 11.6. The Balaban J connectivity index is 0.000000135. The summed E-state index contributed by atoms with van der Waals surface area (Å²) in [5, 5.41) is 9.32. The van der Waals surface area contributed by atoms with Gasteiger partial charge in [-0.3, -0.25) is 4.98 Å². The van der Waals surface area contributed by atoms with Gasteiger partial charge in [0.25, 0.3) is 0 Å². The number of benzene rings is 10. The van der Waals surface area contributed by atoms with Gasteiger partial charge in [0, 0.05) is 93.4 Å². The predicted molar refractivity (Wildman–Crippen MR) is 366 cm³/mol. The molecule has 430 valence electrons. The molecular weight excluding hydrogens is 1140 g/mol. The number of rotatable bonds is 6. The van der Waals surface area contributed by atoms with Crippen molar-refractivity contribution in [1.29, 1.82) is 0 Å². The van der Waals surface area contributed by atoms with Crippen LogP contribution in [-0.4, -0.2) is 44.9 Å². The molecule has 0 unspecified atom stereocenters. The molecule has 0 N–H and O–H groups in total. The fourth-order valence-corrected chi connectivity index (χ4v) is 15.5. The summed E-state index contributed by atoms with van der Waals surface area (Å²) in [7, 11) is 0. The summed E-state index contributed by atoms with van der Waals surface area (Å²) in [6.07, 6.45) is 5.19. The Morgan fingerprint density at radius 1 is 0.319 bits per heavy atom. The highest BCUT2D eigenvalue weighted by atomic mass is 32.1. The van der Waals surface area contributed by atoms with Crippen LogP contribution >= 0.6 is 11.3 Å². The van der Waals surface area contributed by atoms with E-state index in [9.17, 15) is 0 Å². The average molecular weight is 1190 g/mol. The SMILES string of the molecule is CC1(C)c2cc(-c3nc(-c4ccccn4)nc(-c4cccc5c4sc4ccccc45)n3)ccc2-c2ccc3oc4ccccc4c3c21.CC1(C)c2cc(-c3nc(-c4ncccn4)nc(-c4cccc5ccccc45)n3)ccc2-c2ccc3oc4ccccc4c3c21. The van der Waals surface area contributed by atoms with Gasteiger partial charge in [0.1, 0.15) is 28.0 Å².